The minimum atomic E-state index is 0.834. The summed E-state index contributed by atoms with van der Waals surface area (Å²) in [6.07, 6.45) is 0. The maximum atomic E-state index is 5.65. The summed E-state index contributed by atoms with van der Waals surface area (Å²) in [5.74, 6) is 1.67. The fraction of sp³-hybridized carbons (Fsp3) is 0.143. The van der Waals surface area contributed by atoms with Crippen molar-refractivity contribution in [1.29, 1.82) is 0 Å². The van der Waals surface area contributed by atoms with E-state index in [1.807, 2.05) is 62.4 Å². The van der Waals surface area contributed by atoms with Gasteiger partial charge in [0.2, 0.25) is 0 Å². The summed E-state index contributed by atoms with van der Waals surface area (Å²) in [7, 11) is 0. The van der Waals surface area contributed by atoms with Crippen LogP contribution in [0.5, 0.6) is 11.5 Å². The lowest BCUT2D eigenvalue weighted by atomic mass is 10.3. The second kappa shape index (κ2) is 7.51. The molecule has 0 atom stereocenters. The Bertz CT molecular complexity index is 391. The topological polar surface area (TPSA) is 9.23 Å². The third kappa shape index (κ3) is 4.92. The molecule has 0 N–H and O–H groups in total. The molecule has 0 saturated heterocycles. The number of hydrogen-bond donors (Lipinski definition) is 0. The van der Waals surface area contributed by atoms with Gasteiger partial charge in [-0.3, -0.25) is 0 Å². The smallest absolute Gasteiger partial charge is 0.127 e. The molecule has 0 saturated carbocycles. The highest BCUT2D eigenvalue weighted by molar-refractivity contribution is 9.10. The average Bonchev–Trinajstić information content (AvgIpc) is 2.37. The van der Waals surface area contributed by atoms with Crippen molar-refractivity contribution in [2.45, 2.75) is 13.8 Å². The van der Waals surface area contributed by atoms with E-state index in [9.17, 15) is 0 Å². The summed E-state index contributed by atoms with van der Waals surface area (Å²) < 4.78 is 7.74. The summed E-state index contributed by atoms with van der Waals surface area (Å²) in [6.45, 7) is 4.00. The van der Waals surface area contributed by atoms with Crippen LogP contribution in [0.25, 0.3) is 0 Å². The van der Waals surface area contributed by atoms with Crippen LogP contribution in [-0.4, -0.2) is 0 Å². The largest absolute Gasteiger partial charge is 0.457 e. The lowest BCUT2D eigenvalue weighted by Gasteiger charge is -2.05. The van der Waals surface area contributed by atoms with Crippen molar-refractivity contribution < 1.29 is 4.74 Å². The highest BCUT2D eigenvalue weighted by Crippen LogP contribution is 2.24. The highest BCUT2D eigenvalue weighted by atomic mass is 79.9. The van der Waals surface area contributed by atoms with Crippen molar-refractivity contribution in [1.82, 2.24) is 0 Å². The maximum absolute atomic E-state index is 5.65. The van der Waals surface area contributed by atoms with Gasteiger partial charge in [-0.25, -0.2) is 0 Å². The molecule has 0 radical (unpaired) electrons. The monoisotopic (exact) mass is 356 g/mol. The van der Waals surface area contributed by atoms with E-state index in [4.69, 9.17) is 4.74 Å². The number of rotatable bonds is 2. The molecule has 0 aliphatic carbocycles. The van der Waals surface area contributed by atoms with E-state index in [1.54, 1.807) is 0 Å². The van der Waals surface area contributed by atoms with E-state index in [0.29, 0.717) is 0 Å². The van der Waals surface area contributed by atoms with Gasteiger partial charge in [-0.2, -0.15) is 0 Å². The maximum Gasteiger partial charge on any atom is 0.127 e. The van der Waals surface area contributed by atoms with Gasteiger partial charge in [0.25, 0.3) is 0 Å². The number of ether oxygens (including phenoxy) is 1. The molecule has 0 fully saturated rings. The predicted molar refractivity (Wildman–Crippen MR) is 79.7 cm³/mol. The zero-order chi connectivity index (χ0) is 12.7. The van der Waals surface area contributed by atoms with E-state index in [2.05, 4.69) is 31.9 Å². The third-order valence-corrected chi connectivity index (χ3v) is 2.92. The van der Waals surface area contributed by atoms with Crippen molar-refractivity contribution in [3.05, 3.63) is 57.5 Å². The van der Waals surface area contributed by atoms with Crippen molar-refractivity contribution in [2.75, 3.05) is 0 Å². The molecule has 1 nitrogen and oxygen atoms in total. The number of halogens is 2. The van der Waals surface area contributed by atoms with Crippen molar-refractivity contribution in [3.63, 3.8) is 0 Å². The first-order chi connectivity index (χ1) is 8.24. The van der Waals surface area contributed by atoms with Gasteiger partial charge >= 0.3 is 0 Å². The Balaban J connectivity index is 0.000000686. The van der Waals surface area contributed by atoms with Crippen LogP contribution >= 0.6 is 31.9 Å². The lowest BCUT2D eigenvalue weighted by Crippen LogP contribution is -1.82. The van der Waals surface area contributed by atoms with Gasteiger partial charge in [-0.05, 0) is 48.5 Å². The Labute approximate surface area is 119 Å². The van der Waals surface area contributed by atoms with E-state index < -0.39 is 0 Å². The summed E-state index contributed by atoms with van der Waals surface area (Å²) in [6, 6.07) is 15.5. The molecule has 0 heterocycles. The summed E-state index contributed by atoms with van der Waals surface area (Å²) in [5, 5.41) is 0. The predicted octanol–water partition coefficient (Wildman–Crippen LogP) is 6.03. The van der Waals surface area contributed by atoms with Gasteiger partial charge in [0.05, 0.1) is 0 Å². The molecule has 0 bridgehead atoms. The Kier molecular flexibility index (Phi) is 6.30. The molecule has 0 aliphatic heterocycles. The first-order valence-electron chi connectivity index (χ1n) is 5.43. The Morgan fingerprint density at radius 2 is 0.941 bits per heavy atom. The van der Waals surface area contributed by atoms with Crippen molar-refractivity contribution >= 4 is 31.9 Å². The molecule has 0 aliphatic rings. The first kappa shape index (κ1) is 14.3. The fourth-order valence-electron chi connectivity index (χ4n) is 1.14. The van der Waals surface area contributed by atoms with Crippen LogP contribution in [0.4, 0.5) is 0 Å². The highest BCUT2D eigenvalue weighted by Gasteiger charge is 1.96. The minimum absolute atomic E-state index is 0.834. The zero-order valence-corrected chi connectivity index (χ0v) is 13.0. The van der Waals surface area contributed by atoms with Crippen LogP contribution in [-0.2, 0) is 0 Å². The molecular formula is C14H14Br2O. The van der Waals surface area contributed by atoms with E-state index in [0.717, 1.165) is 20.4 Å². The summed E-state index contributed by atoms with van der Waals surface area (Å²) in [5.41, 5.74) is 0. The standard InChI is InChI=1S/C12H8Br2O.C2H6/c13-9-1-5-11(6-2-9)15-12-7-3-10(14)4-8-12;1-2/h1-8H;1-2H3. The second-order valence-corrected chi connectivity index (χ2v) is 4.84. The Morgan fingerprint density at radius 3 is 1.24 bits per heavy atom. The van der Waals surface area contributed by atoms with Crippen LogP contribution < -0.4 is 4.74 Å². The van der Waals surface area contributed by atoms with Crippen molar-refractivity contribution in [2.24, 2.45) is 0 Å². The van der Waals surface area contributed by atoms with Crippen LogP contribution in [0, 0.1) is 0 Å². The third-order valence-electron chi connectivity index (χ3n) is 1.86. The Hall–Kier alpha value is -0.800. The quantitative estimate of drug-likeness (QED) is 0.637. The van der Waals surface area contributed by atoms with E-state index in [-0.39, 0.29) is 0 Å². The number of benzene rings is 2. The van der Waals surface area contributed by atoms with E-state index in [1.165, 1.54) is 0 Å². The second-order valence-electron chi connectivity index (χ2n) is 3.01. The molecule has 0 amide bonds. The van der Waals surface area contributed by atoms with Crippen LogP contribution in [0.3, 0.4) is 0 Å². The SMILES string of the molecule is Brc1ccc(Oc2ccc(Br)cc2)cc1.CC. The lowest BCUT2D eigenvalue weighted by molar-refractivity contribution is 0.482. The van der Waals surface area contributed by atoms with Crippen molar-refractivity contribution in [3.8, 4) is 11.5 Å². The molecule has 2 rings (SSSR count). The molecule has 2 aromatic rings. The van der Waals surface area contributed by atoms with E-state index >= 15 is 0 Å². The average molecular weight is 358 g/mol. The minimum Gasteiger partial charge on any atom is -0.457 e. The van der Waals surface area contributed by atoms with Crippen LogP contribution in [0.2, 0.25) is 0 Å². The molecule has 17 heavy (non-hydrogen) atoms. The van der Waals surface area contributed by atoms with Gasteiger partial charge < -0.3 is 4.74 Å². The summed E-state index contributed by atoms with van der Waals surface area (Å²) >= 11 is 6.76. The molecule has 0 aromatic heterocycles. The first-order valence-corrected chi connectivity index (χ1v) is 7.01. The molecule has 90 valence electrons. The molecular weight excluding hydrogens is 344 g/mol. The number of hydrogen-bond acceptors (Lipinski definition) is 1. The fourth-order valence-corrected chi connectivity index (χ4v) is 1.67. The zero-order valence-electron chi connectivity index (χ0n) is 9.78. The Morgan fingerprint density at radius 1 is 0.647 bits per heavy atom. The molecule has 2 aromatic carbocycles. The molecule has 0 unspecified atom stereocenters. The van der Waals surface area contributed by atoms with Crippen LogP contribution in [0.15, 0.2) is 57.5 Å². The van der Waals surface area contributed by atoms with Gasteiger partial charge in [0.1, 0.15) is 11.5 Å². The molecule has 3 heteroatoms. The summed E-state index contributed by atoms with van der Waals surface area (Å²) in [4.78, 5) is 0. The van der Waals surface area contributed by atoms with Gasteiger partial charge in [0, 0.05) is 8.95 Å². The van der Waals surface area contributed by atoms with Gasteiger partial charge in [0.15, 0.2) is 0 Å². The normalized spacial score (nSPS) is 9.18. The molecule has 0 spiro atoms. The van der Waals surface area contributed by atoms with Gasteiger partial charge in [-0.15, -0.1) is 0 Å². The van der Waals surface area contributed by atoms with Crippen LogP contribution in [0.1, 0.15) is 13.8 Å². The van der Waals surface area contributed by atoms with Gasteiger partial charge in [-0.1, -0.05) is 45.7 Å².